The van der Waals surface area contributed by atoms with Gasteiger partial charge in [0, 0.05) is 58.1 Å². The molecule has 1 aliphatic heterocycles. The minimum absolute atomic E-state index is 0.192. The van der Waals surface area contributed by atoms with Gasteiger partial charge in [0.25, 0.3) is 0 Å². The van der Waals surface area contributed by atoms with Crippen molar-refractivity contribution in [1.29, 1.82) is 0 Å². The minimum Gasteiger partial charge on any atom is -0.354 e. The molecule has 0 spiro atoms. The first-order valence-electron chi connectivity index (χ1n) is 8.36. The number of aromatic nitrogens is 2. The molecule has 126 valence electrons. The first-order valence-corrected chi connectivity index (χ1v) is 8.36. The Morgan fingerprint density at radius 1 is 1.00 bits per heavy atom. The lowest BCUT2D eigenvalue weighted by molar-refractivity contribution is -0.132. The van der Waals surface area contributed by atoms with Crippen molar-refractivity contribution in [2.75, 3.05) is 38.0 Å². The molecule has 3 rings (SSSR count). The van der Waals surface area contributed by atoms with Gasteiger partial charge >= 0.3 is 0 Å². The topological polar surface area (TPSA) is 61.4 Å². The summed E-state index contributed by atoms with van der Waals surface area (Å²) in [5.74, 6) is 0.760. The van der Waals surface area contributed by atoms with Crippen LogP contribution >= 0.6 is 0 Å². The number of nitrogens with one attached hydrogen (secondary N) is 1. The number of amides is 1. The zero-order chi connectivity index (χ0) is 16.6. The molecule has 1 amide bonds. The molecule has 1 aliphatic rings. The Balaban J connectivity index is 1.37. The summed E-state index contributed by atoms with van der Waals surface area (Å²) >= 11 is 0. The van der Waals surface area contributed by atoms with E-state index >= 15 is 0 Å². The third-order valence-electron chi connectivity index (χ3n) is 4.16. The Morgan fingerprint density at radius 3 is 2.42 bits per heavy atom. The van der Waals surface area contributed by atoms with Crippen molar-refractivity contribution in [3.63, 3.8) is 0 Å². The molecule has 6 nitrogen and oxygen atoms in total. The fourth-order valence-electron chi connectivity index (χ4n) is 2.83. The second-order valence-corrected chi connectivity index (χ2v) is 5.89. The normalized spacial score (nSPS) is 15.2. The molecule has 0 atom stereocenters. The Kier molecular flexibility index (Phi) is 5.74. The average Bonchev–Trinajstić information content (AvgIpc) is 2.64. The van der Waals surface area contributed by atoms with Crippen molar-refractivity contribution < 1.29 is 4.79 Å². The lowest BCUT2D eigenvalue weighted by atomic mass is 10.2. The number of carbonyl (C=O) groups is 1. The standard InChI is InChI=1S/C18H23N5O/c24-17(7-10-21-18-19-8-4-9-20-18)23-13-11-22(12-14-23)15-16-5-2-1-3-6-16/h1-6,8-9H,7,10-15H2,(H,19,20,21). The molecule has 6 heteroatoms. The van der Waals surface area contributed by atoms with Gasteiger partial charge in [-0.3, -0.25) is 9.69 Å². The van der Waals surface area contributed by atoms with Gasteiger partial charge in [-0.25, -0.2) is 9.97 Å². The van der Waals surface area contributed by atoms with Crippen LogP contribution in [0.2, 0.25) is 0 Å². The number of rotatable bonds is 6. The van der Waals surface area contributed by atoms with Crippen LogP contribution < -0.4 is 5.32 Å². The first-order chi connectivity index (χ1) is 11.8. The Labute approximate surface area is 142 Å². The molecule has 1 saturated heterocycles. The number of hydrogen-bond donors (Lipinski definition) is 1. The van der Waals surface area contributed by atoms with Gasteiger partial charge in [0.15, 0.2) is 0 Å². The van der Waals surface area contributed by atoms with E-state index in [0.717, 1.165) is 32.7 Å². The average molecular weight is 325 g/mol. The number of anilines is 1. The highest BCUT2D eigenvalue weighted by atomic mass is 16.2. The lowest BCUT2D eigenvalue weighted by Gasteiger charge is -2.34. The molecule has 1 aromatic heterocycles. The summed E-state index contributed by atoms with van der Waals surface area (Å²) in [6.45, 7) is 4.97. The van der Waals surface area contributed by atoms with Crippen molar-refractivity contribution in [2.45, 2.75) is 13.0 Å². The SMILES string of the molecule is O=C(CCNc1ncccn1)N1CCN(Cc2ccccc2)CC1. The van der Waals surface area contributed by atoms with E-state index in [0.29, 0.717) is 18.9 Å². The molecule has 2 heterocycles. The van der Waals surface area contributed by atoms with E-state index in [1.165, 1.54) is 5.56 Å². The van der Waals surface area contributed by atoms with Crippen LogP contribution in [-0.4, -0.2) is 58.4 Å². The summed E-state index contributed by atoms with van der Waals surface area (Å²) in [7, 11) is 0. The van der Waals surface area contributed by atoms with Gasteiger partial charge in [-0.2, -0.15) is 0 Å². The molecule has 0 aliphatic carbocycles. The second-order valence-electron chi connectivity index (χ2n) is 5.89. The molecule has 0 radical (unpaired) electrons. The van der Waals surface area contributed by atoms with E-state index in [4.69, 9.17) is 0 Å². The Morgan fingerprint density at radius 2 is 1.71 bits per heavy atom. The van der Waals surface area contributed by atoms with E-state index in [2.05, 4.69) is 44.5 Å². The molecule has 1 N–H and O–H groups in total. The van der Waals surface area contributed by atoms with E-state index in [1.54, 1.807) is 18.5 Å². The zero-order valence-corrected chi connectivity index (χ0v) is 13.8. The maximum atomic E-state index is 12.3. The summed E-state index contributed by atoms with van der Waals surface area (Å²) in [4.78, 5) is 24.8. The van der Waals surface area contributed by atoms with Crippen molar-refractivity contribution in [3.8, 4) is 0 Å². The number of carbonyl (C=O) groups excluding carboxylic acids is 1. The highest BCUT2D eigenvalue weighted by Crippen LogP contribution is 2.09. The molecule has 24 heavy (non-hydrogen) atoms. The quantitative estimate of drug-likeness (QED) is 0.874. The third kappa shape index (κ3) is 4.76. The van der Waals surface area contributed by atoms with Crippen molar-refractivity contribution in [1.82, 2.24) is 19.8 Å². The summed E-state index contributed by atoms with van der Waals surface area (Å²) in [6, 6.07) is 12.2. The van der Waals surface area contributed by atoms with Crippen LogP contribution in [0.3, 0.4) is 0 Å². The summed E-state index contributed by atoms with van der Waals surface area (Å²) < 4.78 is 0. The molecule has 1 aromatic carbocycles. The third-order valence-corrected chi connectivity index (χ3v) is 4.16. The van der Waals surface area contributed by atoms with Crippen LogP contribution in [0.25, 0.3) is 0 Å². The second kappa shape index (κ2) is 8.40. The number of nitrogens with zero attached hydrogens (tertiary/aromatic N) is 4. The highest BCUT2D eigenvalue weighted by molar-refractivity contribution is 5.76. The first kappa shape index (κ1) is 16.4. The predicted molar refractivity (Wildman–Crippen MR) is 93.4 cm³/mol. The maximum absolute atomic E-state index is 12.3. The fraction of sp³-hybridized carbons (Fsp3) is 0.389. The fourth-order valence-corrected chi connectivity index (χ4v) is 2.83. The molecule has 2 aromatic rings. The van der Waals surface area contributed by atoms with Gasteiger partial charge in [0.2, 0.25) is 11.9 Å². The molecule has 0 saturated carbocycles. The highest BCUT2D eigenvalue weighted by Gasteiger charge is 2.20. The van der Waals surface area contributed by atoms with Crippen LogP contribution in [-0.2, 0) is 11.3 Å². The largest absolute Gasteiger partial charge is 0.354 e. The van der Waals surface area contributed by atoms with Gasteiger partial charge < -0.3 is 10.2 Å². The van der Waals surface area contributed by atoms with Crippen LogP contribution in [0.1, 0.15) is 12.0 Å². The van der Waals surface area contributed by atoms with Crippen LogP contribution in [0, 0.1) is 0 Å². The van der Waals surface area contributed by atoms with Gasteiger partial charge in [-0.05, 0) is 11.6 Å². The van der Waals surface area contributed by atoms with Crippen LogP contribution in [0.5, 0.6) is 0 Å². The minimum atomic E-state index is 0.192. The lowest BCUT2D eigenvalue weighted by Crippen LogP contribution is -2.48. The number of hydrogen-bond acceptors (Lipinski definition) is 5. The van der Waals surface area contributed by atoms with E-state index in [1.807, 2.05) is 11.0 Å². The van der Waals surface area contributed by atoms with Gasteiger partial charge in [0.1, 0.15) is 0 Å². The predicted octanol–water partition coefficient (Wildman–Crippen LogP) is 1.62. The zero-order valence-electron chi connectivity index (χ0n) is 13.8. The number of piperazine rings is 1. The smallest absolute Gasteiger partial charge is 0.224 e. The summed E-state index contributed by atoms with van der Waals surface area (Å²) in [5.41, 5.74) is 1.32. The maximum Gasteiger partial charge on any atom is 0.224 e. The molecule has 0 unspecified atom stereocenters. The van der Waals surface area contributed by atoms with Crippen LogP contribution in [0.15, 0.2) is 48.8 Å². The van der Waals surface area contributed by atoms with Gasteiger partial charge in [-0.1, -0.05) is 30.3 Å². The Hall–Kier alpha value is -2.47. The monoisotopic (exact) mass is 325 g/mol. The van der Waals surface area contributed by atoms with Crippen molar-refractivity contribution in [2.24, 2.45) is 0 Å². The van der Waals surface area contributed by atoms with E-state index < -0.39 is 0 Å². The molecule has 0 bridgehead atoms. The van der Waals surface area contributed by atoms with Crippen LogP contribution in [0.4, 0.5) is 5.95 Å². The Bertz CT molecular complexity index is 626. The van der Waals surface area contributed by atoms with Crippen molar-refractivity contribution >= 4 is 11.9 Å². The summed E-state index contributed by atoms with van der Waals surface area (Å²) in [5, 5.41) is 3.08. The molecular formula is C18H23N5O. The molecular weight excluding hydrogens is 302 g/mol. The van der Waals surface area contributed by atoms with Crippen molar-refractivity contribution in [3.05, 3.63) is 54.4 Å². The number of benzene rings is 1. The van der Waals surface area contributed by atoms with Gasteiger partial charge in [0.05, 0.1) is 0 Å². The van der Waals surface area contributed by atoms with Gasteiger partial charge in [-0.15, -0.1) is 0 Å². The summed E-state index contributed by atoms with van der Waals surface area (Å²) in [6.07, 6.45) is 3.84. The van der Waals surface area contributed by atoms with E-state index in [9.17, 15) is 4.79 Å². The van der Waals surface area contributed by atoms with E-state index in [-0.39, 0.29) is 5.91 Å². The molecule has 1 fully saturated rings.